The Morgan fingerprint density at radius 2 is 2.11 bits per heavy atom. The van der Waals surface area contributed by atoms with Crippen molar-refractivity contribution < 1.29 is 13.2 Å². The van der Waals surface area contributed by atoms with Crippen molar-refractivity contribution in [2.24, 2.45) is 0 Å². The summed E-state index contributed by atoms with van der Waals surface area (Å²) in [6.07, 6.45) is -4.34. The topological polar surface area (TPSA) is 15.3 Å². The zero-order valence-corrected chi connectivity index (χ0v) is 10.6. The van der Waals surface area contributed by atoms with E-state index in [2.05, 4.69) is 5.32 Å². The van der Waals surface area contributed by atoms with E-state index < -0.39 is 11.7 Å². The molecular formula is C12H14ClF3N2. The molecule has 100 valence electrons. The number of nitrogens with zero attached hydrogens (tertiary/aromatic N) is 1. The Kier molecular flexibility index (Phi) is 3.73. The second-order valence-electron chi connectivity index (χ2n) is 4.41. The van der Waals surface area contributed by atoms with Crippen molar-refractivity contribution >= 4 is 17.3 Å². The Balaban J connectivity index is 2.37. The molecule has 0 amide bonds. The Morgan fingerprint density at radius 3 is 2.72 bits per heavy atom. The van der Waals surface area contributed by atoms with Gasteiger partial charge in [0.1, 0.15) is 0 Å². The average Bonchev–Trinajstić information content (AvgIpc) is 2.29. The number of rotatable bonds is 1. The lowest BCUT2D eigenvalue weighted by atomic mass is 10.1. The molecule has 0 aromatic heterocycles. The van der Waals surface area contributed by atoms with Gasteiger partial charge in [0.2, 0.25) is 0 Å². The third kappa shape index (κ3) is 2.72. The predicted octanol–water partition coefficient (Wildman–Crippen LogP) is 3.16. The van der Waals surface area contributed by atoms with E-state index in [0.717, 1.165) is 25.2 Å². The maximum absolute atomic E-state index is 12.7. The van der Waals surface area contributed by atoms with Crippen LogP contribution >= 0.6 is 11.6 Å². The van der Waals surface area contributed by atoms with E-state index in [9.17, 15) is 13.2 Å². The number of piperazine rings is 1. The van der Waals surface area contributed by atoms with Crippen molar-refractivity contribution in [1.29, 1.82) is 0 Å². The molecular weight excluding hydrogens is 265 g/mol. The van der Waals surface area contributed by atoms with E-state index in [1.54, 1.807) is 0 Å². The molecule has 2 rings (SSSR count). The van der Waals surface area contributed by atoms with E-state index in [4.69, 9.17) is 11.6 Å². The Labute approximate surface area is 109 Å². The molecule has 0 saturated carbocycles. The van der Waals surface area contributed by atoms with E-state index >= 15 is 0 Å². The standard InChI is InChI=1S/C12H14ClF3N2/c1-8-7-17-4-5-18(8)11-6-9(12(14,15)16)2-3-10(11)13/h2-3,6,8,17H,4-5,7H2,1H3. The summed E-state index contributed by atoms with van der Waals surface area (Å²) >= 11 is 6.02. The Hall–Kier alpha value is -0.940. The van der Waals surface area contributed by atoms with E-state index in [1.807, 2.05) is 11.8 Å². The molecule has 1 fully saturated rings. The normalized spacial score (nSPS) is 21.2. The largest absolute Gasteiger partial charge is 0.416 e. The summed E-state index contributed by atoms with van der Waals surface area (Å²) in [7, 11) is 0. The molecule has 1 N–H and O–H groups in total. The number of hydrogen-bond donors (Lipinski definition) is 1. The molecule has 1 aliphatic heterocycles. The average molecular weight is 279 g/mol. The van der Waals surface area contributed by atoms with Crippen LogP contribution in [0.25, 0.3) is 0 Å². The SMILES string of the molecule is CC1CNCCN1c1cc(C(F)(F)F)ccc1Cl. The first-order valence-electron chi connectivity index (χ1n) is 5.73. The fourth-order valence-corrected chi connectivity index (χ4v) is 2.33. The maximum atomic E-state index is 12.7. The van der Waals surface area contributed by atoms with Gasteiger partial charge in [-0.15, -0.1) is 0 Å². The number of nitrogens with one attached hydrogen (secondary N) is 1. The molecule has 1 aromatic rings. The van der Waals surface area contributed by atoms with Gasteiger partial charge < -0.3 is 10.2 Å². The number of benzene rings is 1. The second-order valence-corrected chi connectivity index (χ2v) is 4.82. The van der Waals surface area contributed by atoms with Crippen LogP contribution in [0.2, 0.25) is 5.02 Å². The first-order chi connectivity index (χ1) is 8.39. The van der Waals surface area contributed by atoms with E-state index in [-0.39, 0.29) is 6.04 Å². The van der Waals surface area contributed by atoms with Gasteiger partial charge in [-0.05, 0) is 25.1 Å². The van der Waals surface area contributed by atoms with Crippen molar-refractivity contribution in [2.75, 3.05) is 24.5 Å². The minimum absolute atomic E-state index is 0.125. The summed E-state index contributed by atoms with van der Waals surface area (Å²) in [4.78, 5) is 1.91. The smallest absolute Gasteiger partial charge is 0.365 e. The molecule has 1 atom stereocenters. The van der Waals surface area contributed by atoms with Gasteiger partial charge in [0.25, 0.3) is 0 Å². The van der Waals surface area contributed by atoms with Gasteiger partial charge in [-0.3, -0.25) is 0 Å². The minimum atomic E-state index is -4.34. The van der Waals surface area contributed by atoms with Crippen LogP contribution in [0, 0.1) is 0 Å². The Bertz CT molecular complexity index is 434. The number of anilines is 1. The van der Waals surface area contributed by atoms with Crippen LogP contribution in [0.5, 0.6) is 0 Å². The molecule has 0 radical (unpaired) electrons. The summed E-state index contributed by atoms with van der Waals surface area (Å²) in [5, 5.41) is 3.55. The molecule has 0 spiro atoms. The van der Waals surface area contributed by atoms with Crippen LogP contribution in [-0.4, -0.2) is 25.7 Å². The van der Waals surface area contributed by atoms with Gasteiger partial charge >= 0.3 is 6.18 Å². The molecule has 1 aliphatic rings. The second kappa shape index (κ2) is 4.97. The molecule has 1 saturated heterocycles. The molecule has 0 bridgehead atoms. The Morgan fingerprint density at radius 1 is 1.39 bits per heavy atom. The predicted molar refractivity (Wildman–Crippen MR) is 66.1 cm³/mol. The lowest BCUT2D eigenvalue weighted by Gasteiger charge is -2.36. The van der Waals surface area contributed by atoms with Crippen molar-refractivity contribution in [3.8, 4) is 0 Å². The summed E-state index contributed by atoms with van der Waals surface area (Å²) in [6, 6.07) is 3.58. The third-order valence-corrected chi connectivity index (χ3v) is 3.40. The number of alkyl halides is 3. The van der Waals surface area contributed by atoms with E-state index in [1.165, 1.54) is 6.07 Å². The first kappa shape index (κ1) is 13.5. The molecule has 1 heterocycles. The molecule has 1 aromatic carbocycles. The summed E-state index contributed by atoms with van der Waals surface area (Å²) in [5.74, 6) is 0. The number of halogens is 4. The lowest BCUT2D eigenvalue weighted by molar-refractivity contribution is -0.137. The van der Waals surface area contributed by atoms with Crippen LogP contribution in [0.3, 0.4) is 0 Å². The van der Waals surface area contributed by atoms with Gasteiger partial charge in [-0.1, -0.05) is 11.6 Å². The summed E-state index contributed by atoms with van der Waals surface area (Å²) in [6.45, 7) is 4.11. The first-order valence-corrected chi connectivity index (χ1v) is 6.11. The van der Waals surface area contributed by atoms with Gasteiger partial charge in [0, 0.05) is 25.7 Å². The van der Waals surface area contributed by atoms with Gasteiger partial charge in [-0.2, -0.15) is 13.2 Å². The van der Waals surface area contributed by atoms with Crippen LogP contribution in [-0.2, 0) is 6.18 Å². The quantitative estimate of drug-likeness (QED) is 0.849. The van der Waals surface area contributed by atoms with Crippen LogP contribution in [0.15, 0.2) is 18.2 Å². The highest BCUT2D eigenvalue weighted by Crippen LogP contribution is 2.36. The zero-order valence-electron chi connectivity index (χ0n) is 9.89. The lowest BCUT2D eigenvalue weighted by Crippen LogP contribution is -2.50. The highest BCUT2D eigenvalue weighted by Gasteiger charge is 2.32. The van der Waals surface area contributed by atoms with Crippen LogP contribution in [0.1, 0.15) is 12.5 Å². The summed E-state index contributed by atoms with van der Waals surface area (Å²) in [5.41, 5.74) is -0.201. The summed E-state index contributed by atoms with van der Waals surface area (Å²) < 4.78 is 38.1. The molecule has 0 aliphatic carbocycles. The van der Waals surface area contributed by atoms with Crippen LogP contribution < -0.4 is 10.2 Å². The number of hydrogen-bond acceptors (Lipinski definition) is 2. The third-order valence-electron chi connectivity index (χ3n) is 3.08. The molecule has 18 heavy (non-hydrogen) atoms. The van der Waals surface area contributed by atoms with Crippen LogP contribution in [0.4, 0.5) is 18.9 Å². The maximum Gasteiger partial charge on any atom is 0.416 e. The highest BCUT2D eigenvalue weighted by atomic mass is 35.5. The molecule has 2 nitrogen and oxygen atoms in total. The molecule has 1 unspecified atom stereocenters. The van der Waals surface area contributed by atoms with E-state index in [0.29, 0.717) is 17.3 Å². The molecule has 6 heteroatoms. The zero-order chi connectivity index (χ0) is 13.3. The minimum Gasteiger partial charge on any atom is -0.365 e. The fourth-order valence-electron chi connectivity index (χ4n) is 2.11. The van der Waals surface area contributed by atoms with Gasteiger partial charge in [-0.25, -0.2) is 0 Å². The highest BCUT2D eigenvalue weighted by molar-refractivity contribution is 6.33. The monoisotopic (exact) mass is 278 g/mol. The van der Waals surface area contributed by atoms with Gasteiger partial charge in [0.15, 0.2) is 0 Å². The van der Waals surface area contributed by atoms with Gasteiger partial charge in [0.05, 0.1) is 16.3 Å². The fraction of sp³-hybridized carbons (Fsp3) is 0.500. The van der Waals surface area contributed by atoms with Crippen molar-refractivity contribution in [3.05, 3.63) is 28.8 Å². The van der Waals surface area contributed by atoms with Crippen molar-refractivity contribution in [3.63, 3.8) is 0 Å². The van der Waals surface area contributed by atoms with Crippen molar-refractivity contribution in [1.82, 2.24) is 5.32 Å². The van der Waals surface area contributed by atoms with Crippen molar-refractivity contribution in [2.45, 2.75) is 19.1 Å².